The Kier molecular flexibility index (Phi) is 6.70. The molecule has 4 aromatic rings. The number of nitrogens with zero attached hydrogens (tertiary/aromatic N) is 1. The molecule has 3 atom stereocenters. The molecule has 184 valence electrons. The summed E-state index contributed by atoms with van der Waals surface area (Å²) in [5.41, 5.74) is 1.77. The lowest BCUT2D eigenvalue weighted by atomic mass is 9.88. The van der Waals surface area contributed by atoms with Crippen molar-refractivity contribution >= 4 is 22.4 Å². The van der Waals surface area contributed by atoms with Crippen LogP contribution in [0.5, 0.6) is 0 Å². The van der Waals surface area contributed by atoms with Gasteiger partial charge in [0.05, 0.1) is 5.56 Å². The molecule has 0 unspecified atom stereocenters. The zero-order valence-electron chi connectivity index (χ0n) is 20.0. The van der Waals surface area contributed by atoms with E-state index >= 15 is 0 Å². The number of fused-ring (bicyclic) bond motifs is 1. The molecule has 0 amide bonds. The summed E-state index contributed by atoms with van der Waals surface area (Å²) >= 11 is 0. The monoisotopic (exact) mass is 486 g/mol. The standard InChI is InChI=1S/C30H28F2N2O2/c1-19(24-13-7-11-20-10-5-6-12-25(20)24)33-16-23-17-34(18-26(23)21-8-3-2-4-9-21)29-27(31)14-22(30(35)36)15-28(29)32/h2-15,19,23,26,33H,16-18H2,1H3,(H,35,36)/t19-,23+,26-/m1/s1. The average molecular weight is 487 g/mol. The van der Waals surface area contributed by atoms with Gasteiger partial charge in [-0.2, -0.15) is 0 Å². The molecular weight excluding hydrogens is 458 g/mol. The summed E-state index contributed by atoms with van der Waals surface area (Å²) in [4.78, 5) is 12.9. The van der Waals surface area contributed by atoms with E-state index in [0.717, 1.165) is 17.7 Å². The second-order valence-electron chi connectivity index (χ2n) is 9.47. The molecule has 0 aliphatic carbocycles. The number of hydrogen-bond donors (Lipinski definition) is 2. The molecule has 1 aliphatic heterocycles. The predicted octanol–water partition coefficient (Wildman–Crippen LogP) is 6.39. The number of nitrogens with one attached hydrogen (secondary N) is 1. The van der Waals surface area contributed by atoms with Gasteiger partial charge in [-0.25, -0.2) is 13.6 Å². The van der Waals surface area contributed by atoms with Crippen LogP contribution < -0.4 is 10.2 Å². The van der Waals surface area contributed by atoms with Crippen molar-refractivity contribution in [2.45, 2.75) is 18.9 Å². The Bertz CT molecular complexity index is 1360. The van der Waals surface area contributed by atoms with Gasteiger partial charge in [-0.3, -0.25) is 0 Å². The van der Waals surface area contributed by atoms with E-state index < -0.39 is 23.2 Å². The minimum absolute atomic E-state index is 0.0661. The summed E-state index contributed by atoms with van der Waals surface area (Å²) in [6, 6.07) is 26.5. The first kappa shape index (κ1) is 23.9. The third-order valence-corrected chi connectivity index (χ3v) is 7.22. The van der Waals surface area contributed by atoms with Crippen LogP contribution in [-0.2, 0) is 0 Å². The molecule has 0 aromatic heterocycles. The number of carbonyl (C=O) groups is 1. The summed E-state index contributed by atoms with van der Waals surface area (Å²) in [6.07, 6.45) is 0. The highest BCUT2D eigenvalue weighted by Gasteiger charge is 2.36. The van der Waals surface area contributed by atoms with Gasteiger partial charge in [0.2, 0.25) is 0 Å². The molecule has 1 heterocycles. The number of carboxylic acids is 1. The Hall–Kier alpha value is -3.77. The fourth-order valence-electron chi connectivity index (χ4n) is 5.40. The van der Waals surface area contributed by atoms with Crippen LogP contribution in [0.1, 0.15) is 40.4 Å². The maximum absolute atomic E-state index is 14.9. The van der Waals surface area contributed by atoms with Crippen molar-refractivity contribution in [2.24, 2.45) is 5.92 Å². The van der Waals surface area contributed by atoms with Crippen LogP contribution >= 0.6 is 0 Å². The first-order valence-electron chi connectivity index (χ1n) is 12.2. The van der Waals surface area contributed by atoms with Crippen molar-refractivity contribution in [2.75, 3.05) is 24.5 Å². The van der Waals surface area contributed by atoms with Gasteiger partial charge >= 0.3 is 5.97 Å². The number of benzene rings is 4. The molecule has 5 rings (SSSR count). The minimum atomic E-state index is -1.35. The van der Waals surface area contributed by atoms with Gasteiger partial charge in [-0.05, 0) is 46.9 Å². The lowest BCUT2D eigenvalue weighted by Crippen LogP contribution is -2.30. The minimum Gasteiger partial charge on any atom is -0.478 e. The summed E-state index contributed by atoms with van der Waals surface area (Å²) < 4.78 is 29.8. The van der Waals surface area contributed by atoms with Crippen LogP contribution in [0, 0.1) is 17.6 Å². The SMILES string of the molecule is C[C@@H](NC[C@H]1CN(c2c(F)cc(C(=O)O)cc2F)C[C@@H]1c1ccccc1)c1cccc2ccccc12. The van der Waals surface area contributed by atoms with Crippen LogP contribution in [0.4, 0.5) is 14.5 Å². The van der Waals surface area contributed by atoms with Crippen molar-refractivity contribution in [3.05, 3.63) is 113 Å². The number of rotatable bonds is 7. The zero-order valence-corrected chi connectivity index (χ0v) is 20.0. The number of halogens is 2. The lowest BCUT2D eigenvalue weighted by Gasteiger charge is -2.23. The Morgan fingerprint density at radius 1 is 0.972 bits per heavy atom. The zero-order chi connectivity index (χ0) is 25.2. The maximum atomic E-state index is 14.9. The lowest BCUT2D eigenvalue weighted by molar-refractivity contribution is 0.0695. The Labute approximate surface area is 209 Å². The normalized spacial score (nSPS) is 18.5. The van der Waals surface area contributed by atoms with Crippen molar-refractivity contribution in [1.82, 2.24) is 5.32 Å². The molecule has 0 bridgehead atoms. The number of anilines is 1. The quantitative estimate of drug-likeness (QED) is 0.318. The van der Waals surface area contributed by atoms with Crippen LogP contribution in [0.15, 0.2) is 84.9 Å². The van der Waals surface area contributed by atoms with E-state index in [4.69, 9.17) is 5.11 Å². The van der Waals surface area contributed by atoms with E-state index in [-0.39, 0.29) is 23.6 Å². The molecule has 6 heteroatoms. The highest BCUT2D eigenvalue weighted by Crippen LogP contribution is 2.38. The third kappa shape index (κ3) is 4.69. The average Bonchev–Trinajstić information content (AvgIpc) is 3.30. The summed E-state index contributed by atoms with van der Waals surface area (Å²) in [7, 11) is 0. The fourth-order valence-corrected chi connectivity index (χ4v) is 5.40. The second kappa shape index (κ2) is 10.1. The highest BCUT2D eigenvalue weighted by atomic mass is 19.1. The molecular formula is C30H28F2N2O2. The largest absolute Gasteiger partial charge is 0.478 e. The van der Waals surface area contributed by atoms with Crippen molar-refractivity contribution < 1.29 is 18.7 Å². The molecule has 2 N–H and O–H groups in total. The fraction of sp³-hybridized carbons (Fsp3) is 0.233. The molecule has 0 saturated carbocycles. The first-order chi connectivity index (χ1) is 17.4. The smallest absolute Gasteiger partial charge is 0.335 e. The van der Waals surface area contributed by atoms with Gasteiger partial charge in [0.15, 0.2) is 0 Å². The number of aromatic carboxylic acids is 1. The molecule has 1 saturated heterocycles. The summed E-state index contributed by atoms with van der Waals surface area (Å²) in [6.45, 7) is 3.70. The van der Waals surface area contributed by atoms with Crippen molar-refractivity contribution in [3.8, 4) is 0 Å². The van der Waals surface area contributed by atoms with E-state index in [0.29, 0.717) is 19.6 Å². The van der Waals surface area contributed by atoms with Gasteiger partial charge < -0.3 is 15.3 Å². The Morgan fingerprint density at radius 3 is 2.36 bits per heavy atom. The van der Waals surface area contributed by atoms with Crippen LogP contribution in [0.2, 0.25) is 0 Å². The van der Waals surface area contributed by atoms with Gasteiger partial charge in [0.1, 0.15) is 17.3 Å². The van der Waals surface area contributed by atoms with E-state index in [1.54, 1.807) is 4.90 Å². The van der Waals surface area contributed by atoms with E-state index in [1.165, 1.54) is 16.3 Å². The van der Waals surface area contributed by atoms with Gasteiger partial charge in [-0.1, -0.05) is 72.8 Å². The molecule has 1 aliphatic rings. The van der Waals surface area contributed by atoms with E-state index in [2.05, 4.69) is 54.7 Å². The van der Waals surface area contributed by atoms with Crippen LogP contribution in [-0.4, -0.2) is 30.7 Å². The highest BCUT2D eigenvalue weighted by molar-refractivity contribution is 5.88. The van der Waals surface area contributed by atoms with E-state index in [9.17, 15) is 13.6 Å². The van der Waals surface area contributed by atoms with Gasteiger partial charge in [0.25, 0.3) is 0 Å². The number of hydrogen-bond acceptors (Lipinski definition) is 3. The summed E-state index contributed by atoms with van der Waals surface area (Å²) in [5.74, 6) is -2.89. The summed E-state index contributed by atoms with van der Waals surface area (Å²) in [5, 5.41) is 15.2. The maximum Gasteiger partial charge on any atom is 0.335 e. The van der Waals surface area contributed by atoms with Crippen molar-refractivity contribution in [1.29, 1.82) is 0 Å². The molecule has 1 fully saturated rings. The first-order valence-corrected chi connectivity index (χ1v) is 12.2. The third-order valence-electron chi connectivity index (χ3n) is 7.22. The Balaban J connectivity index is 1.40. The molecule has 0 radical (unpaired) electrons. The molecule has 0 spiro atoms. The predicted molar refractivity (Wildman–Crippen MR) is 139 cm³/mol. The van der Waals surface area contributed by atoms with Gasteiger partial charge in [0, 0.05) is 31.6 Å². The topological polar surface area (TPSA) is 52.6 Å². The Morgan fingerprint density at radius 2 is 1.64 bits per heavy atom. The molecule has 36 heavy (non-hydrogen) atoms. The second-order valence-corrected chi connectivity index (χ2v) is 9.47. The number of carboxylic acid groups (broad SMARTS) is 1. The van der Waals surface area contributed by atoms with Gasteiger partial charge in [-0.15, -0.1) is 0 Å². The van der Waals surface area contributed by atoms with Crippen molar-refractivity contribution in [3.63, 3.8) is 0 Å². The molecule has 4 nitrogen and oxygen atoms in total. The van der Waals surface area contributed by atoms with E-state index in [1.807, 2.05) is 30.3 Å². The molecule has 4 aromatic carbocycles. The van der Waals surface area contributed by atoms with Crippen LogP contribution in [0.3, 0.4) is 0 Å². The van der Waals surface area contributed by atoms with Crippen LogP contribution in [0.25, 0.3) is 10.8 Å².